The van der Waals surface area contributed by atoms with E-state index in [-0.39, 0.29) is 0 Å². The predicted octanol–water partition coefficient (Wildman–Crippen LogP) is 2.22. The van der Waals surface area contributed by atoms with Gasteiger partial charge in [0, 0.05) is 18.7 Å². The quantitative estimate of drug-likeness (QED) is 0.934. The second-order valence-corrected chi connectivity index (χ2v) is 6.31. The van der Waals surface area contributed by atoms with Crippen molar-refractivity contribution in [3.63, 3.8) is 0 Å². The van der Waals surface area contributed by atoms with Crippen molar-refractivity contribution in [2.24, 2.45) is 0 Å². The predicted molar refractivity (Wildman–Crippen MR) is 87.2 cm³/mol. The Hall–Kier alpha value is -2.21. The Bertz CT molecular complexity index is 721. The van der Waals surface area contributed by atoms with Crippen LogP contribution in [0.3, 0.4) is 0 Å². The number of ether oxygens (including phenoxy) is 2. The Labute approximate surface area is 140 Å². The Morgan fingerprint density at radius 2 is 1.75 bits per heavy atom. The summed E-state index contributed by atoms with van der Waals surface area (Å²) in [5, 5.41) is 9.47. The molecule has 2 saturated heterocycles. The fraction of sp³-hybridized carbons (Fsp3) is 0.316. The van der Waals surface area contributed by atoms with Crippen LogP contribution in [0.25, 0.3) is 0 Å². The SMILES string of the molecule is O=C(O)C1OC2(c3ccccc3)CN(Cc3ccccc3)CC1O2. The number of morpholine rings is 1. The summed E-state index contributed by atoms with van der Waals surface area (Å²) in [6.45, 7) is 1.79. The van der Waals surface area contributed by atoms with Gasteiger partial charge in [0.2, 0.25) is 5.79 Å². The first-order valence-corrected chi connectivity index (χ1v) is 8.06. The van der Waals surface area contributed by atoms with E-state index in [1.807, 2.05) is 48.5 Å². The molecule has 1 N–H and O–H groups in total. The van der Waals surface area contributed by atoms with Crippen LogP contribution in [0.4, 0.5) is 0 Å². The van der Waals surface area contributed by atoms with Crippen LogP contribution >= 0.6 is 0 Å². The zero-order chi connectivity index (χ0) is 16.6. The highest BCUT2D eigenvalue weighted by Crippen LogP contribution is 2.42. The lowest BCUT2D eigenvalue weighted by Gasteiger charge is -2.38. The van der Waals surface area contributed by atoms with Gasteiger partial charge >= 0.3 is 5.97 Å². The van der Waals surface area contributed by atoms with Crippen LogP contribution in [0.5, 0.6) is 0 Å². The average Bonchev–Trinajstić information content (AvgIpc) is 2.89. The molecule has 0 radical (unpaired) electrons. The summed E-state index contributed by atoms with van der Waals surface area (Å²) in [5.74, 6) is -1.98. The molecule has 5 heteroatoms. The molecule has 2 fully saturated rings. The molecule has 4 rings (SSSR count). The second-order valence-electron chi connectivity index (χ2n) is 6.31. The lowest BCUT2D eigenvalue weighted by Crippen LogP contribution is -2.49. The van der Waals surface area contributed by atoms with E-state index in [1.54, 1.807) is 0 Å². The molecule has 2 heterocycles. The normalized spacial score (nSPS) is 29.5. The minimum Gasteiger partial charge on any atom is -0.479 e. The van der Waals surface area contributed by atoms with E-state index < -0.39 is 24.0 Å². The lowest BCUT2D eigenvalue weighted by molar-refractivity contribution is -0.219. The molecule has 2 aliphatic rings. The van der Waals surface area contributed by atoms with E-state index in [1.165, 1.54) is 5.56 Å². The van der Waals surface area contributed by atoms with Gasteiger partial charge in [-0.1, -0.05) is 60.7 Å². The van der Waals surface area contributed by atoms with Gasteiger partial charge in [0.1, 0.15) is 6.10 Å². The number of fused-ring (bicyclic) bond motifs is 2. The number of carbonyl (C=O) groups is 1. The summed E-state index contributed by atoms with van der Waals surface area (Å²) >= 11 is 0. The highest BCUT2D eigenvalue weighted by molar-refractivity contribution is 5.73. The molecule has 0 amide bonds. The maximum atomic E-state index is 11.6. The Kier molecular flexibility index (Phi) is 3.84. The first-order chi connectivity index (χ1) is 11.7. The molecule has 0 saturated carbocycles. The number of hydrogen-bond donors (Lipinski definition) is 1. The highest BCUT2D eigenvalue weighted by atomic mass is 16.8. The molecule has 2 bridgehead atoms. The number of benzene rings is 2. The van der Waals surface area contributed by atoms with Gasteiger partial charge in [-0.05, 0) is 5.56 Å². The van der Waals surface area contributed by atoms with Crippen LogP contribution in [-0.2, 0) is 26.6 Å². The molecular weight excluding hydrogens is 306 g/mol. The van der Waals surface area contributed by atoms with Gasteiger partial charge in [-0.15, -0.1) is 0 Å². The number of aliphatic carboxylic acids is 1. The largest absolute Gasteiger partial charge is 0.479 e. The molecule has 2 aromatic rings. The average molecular weight is 325 g/mol. The zero-order valence-electron chi connectivity index (χ0n) is 13.2. The van der Waals surface area contributed by atoms with Gasteiger partial charge in [0.15, 0.2) is 6.10 Å². The van der Waals surface area contributed by atoms with Crippen molar-refractivity contribution in [1.29, 1.82) is 0 Å². The van der Waals surface area contributed by atoms with Gasteiger partial charge in [-0.25, -0.2) is 4.79 Å². The molecule has 24 heavy (non-hydrogen) atoms. The lowest BCUT2D eigenvalue weighted by atomic mass is 10.0. The maximum Gasteiger partial charge on any atom is 0.335 e. The van der Waals surface area contributed by atoms with Crippen molar-refractivity contribution in [1.82, 2.24) is 4.90 Å². The minimum atomic E-state index is -1.01. The van der Waals surface area contributed by atoms with E-state index in [4.69, 9.17) is 9.47 Å². The summed E-state index contributed by atoms with van der Waals surface area (Å²) in [5.41, 5.74) is 2.05. The van der Waals surface area contributed by atoms with Crippen LogP contribution < -0.4 is 0 Å². The zero-order valence-corrected chi connectivity index (χ0v) is 13.2. The standard InChI is InChI=1S/C19H19NO4/c21-18(22)17-16-12-20(11-14-7-3-1-4-8-14)13-19(23-16,24-17)15-9-5-2-6-10-15/h1-10,16-17H,11-13H2,(H,21,22). The fourth-order valence-corrected chi connectivity index (χ4v) is 3.53. The third-order valence-corrected chi connectivity index (χ3v) is 4.57. The molecule has 3 unspecified atom stereocenters. The minimum absolute atomic E-state index is 0.472. The van der Waals surface area contributed by atoms with Gasteiger partial charge < -0.3 is 14.6 Å². The maximum absolute atomic E-state index is 11.6. The van der Waals surface area contributed by atoms with Crippen molar-refractivity contribution in [3.8, 4) is 0 Å². The number of nitrogens with zero attached hydrogens (tertiary/aromatic N) is 1. The van der Waals surface area contributed by atoms with E-state index in [9.17, 15) is 9.90 Å². The second kappa shape index (κ2) is 6.02. The van der Waals surface area contributed by atoms with Crippen LogP contribution in [-0.4, -0.2) is 41.3 Å². The van der Waals surface area contributed by atoms with Crippen LogP contribution in [0.1, 0.15) is 11.1 Å². The van der Waals surface area contributed by atoms with Gasteiger partial charge in [-0.2, -0.15) is 0 Å². The van der Waals surface area contributed by atoms with E-state index in [0.29, 0.717) is 13.1 Å². The van der Waals surface area contributed by atoms with Crippen molar-refractivity contribution in [2.45, 2.75) is 24.5 Å². The van der Waals surface area contributed by atoms with Gasteiger partial charge in [0.05, 0.1) is 6.54 Å². The smallest absolute Gasteiger partial charge is 0.335 e. The van der Waals surface area contributed by atoms with E-state index >= 15 is 0 Å². The topological polar surface area (TPSA) is 59.0 Å². The fourth-order valence-electron chi connectivity index (χ4n) is 3.53. The number of carboxylic acids is 1. The number of carboxylic acid groups (broad SMARTS) is 1. The first kappa shape index (κ1) is 15.3. The summed E-state index contributed by atoms with van der Waals surface area (Å²) in [7, 11) is 0. The molecule has 0 spiro atoms. The van der Waals surface area contributed by atoms with E-state index in [0.717, 1.165) is 12.1 Å². The molecule has 3 atom stereocenters. The first-order valence-electron chi connectivity index (χ1n) is 8.06. The van der Waals surface area contributed by atoms with Crippen LogP contribution in [0.15, 0.2) is 60.7 Å². The Balaban J connectivity index is 1.64. The van der Waals surface area contributed by atoms with Crippen LogP contribution in [0.2, 0.25) is 0 Å². The summed E-state index contributed by atoms with van der Waals surface area (Å²) in [6.07, 6.45) is -1.41. The molecule has 0 aliphatic carbocycles. The third-order valence-electron chi connectivity index (χ3n) is 4.57. The Morgan fingerprint density at radius 3 is 2.42 bits per heavy atom. The molecule has 5 nitrogen and oxygen atoms in total. The van der Waals surface area contributed by atoms with Crippen LogP contribution in [0, 0.1) is 0 Å². The molecule has 2 aliphatic heterocycles. The third kappa shape index (κ3) is 2.71. The van der Waals surface area contributed by atoms with Crippen molar-refractivity contribution >= 4 is 5.97 Å². The molecule has 0 aromatic heterocycles. The van der Waals surface area contributed by atoms with Crippen molar-refractivity contribution in [3.05, 3.63) is 71.8 Å². The highest BCUT2D eigenvalue weighted by Gasteiger charge is 2.56. The Morgan fingerprint density at radius 1 is 1.08 bits per heavy atom. The number of hydrogen-bond acceptors (Lipinski definition) is 4. The summed E-state index contributed by atoms with van der Waals surface area (Å²) in [6, 6.07) is 19.7. The van der Waals surface area contributed by atoms with Gasteiger partial charge in [-0.3, -0.25) is 4.90 Å². The van der Waals surface area contributed by atoms with Crippen molar-refractivity contribution in [2.75, 3.05) is 13.1 Å². The van der Waals surface area contributed by atoms with E-state index in [2.05, 4.69) is 17.0 Å². The molecule has 124 valence electrons. The molecule has 2 aromatic carbocycles. The summed E-state index contributed by atoms with van der Waals surface area (Å²) < 4.78 is 12.0. The monoisotopic (exact) mass is 325 g/mol. The number of rotatable bonds is 4. The van der Waals surface area contributed by atoms with Gasteiger partial charge in [0.25, 0.3) is 0 Å². The molecular formula is C19H19NO4. The van der Waals surface area contributed by atoms with Crippen molar-refractivity contribution < 1.29 is 19.4 Å². The summed E-state index contributed by atoms with van der Waals surface area (Å²) in [4.78, 5) is 13.8.